The van der Waals surface area contributed by atoms with Crippen molar-refractivity contribution in [3.63, 3.8) is 0 Å². The molecule has 9 heteroatoms. The topological polar surface area (TPSA) is 75.7 Å². The first-order valence-electron chi connectivity index (χ1n) is 8.72. The monoisotopic (exact) mass is 464 g/mol. The summed E-state index contributed by atoms with van der Waals surface area (Å²) in [6.45, 7) is 0. The van der Waals surface area contributed by atoms with Gasteiger partial charge in [0.25, 0.3) is 15.9 Å². The maximum atomic E-state index is 13.0. The number of benzene rings is 3. The van der Waals surface area contributed by atoms with E-state index in [9.17, 15) is 13.2 Å². The van der Waals surface area contributed by atoms with Gasteiger partial charge in [0.05, 0.1) is 27.7 Å². The molecule has 0 aliphatic rings. The first kappa shape index (κ1) is 22.0. The van der Waals surface area contributed by atoms with Crippen LogP contribution in [0.2, 0.25) is 10.0 Å². The van der Waals surface area contributed by atoms with Gasteiger partial charge in [0.1, 0.15) is 0 Å². The first-order valence-corrected chi connectivity index (χ1v) is 10.9. The molecule has 0 atom stereocenters. The highest BCUT2D eigenvalue weighted by molar-refractivity contribution is 7.92. The molecule has 1 N–H and O–H groups in total. The summed E-state index contributed by atoms with van der Waals surface area (Å²) < 4.78 is 32.2. The average Bonchev–Trinajstić information content (AvgIpc) is 2.73. The number of methoxy groups -OCH3 is 1. The lowest BCUT2D eigenvalue weighted by atomic mass is 10.2. The zero-order valence-electron chi connectivity index (χ0n) is 16.1. The van der Waals surface area contributed by atoms with Crippen molar-refractivity contribution in [1.29, 1.82) is 0 Å². The first-order chi connectivity index (χ1) is 14.2. The Morgan fingerprint density at radius 2 is 1.60 bits per heavy atom. The molecule has 0 saturated heterocycles. The molecule has 0 aliphatic carbocycles. The van der Waals surface area contributed by atoms with Crippen LogP contribution < -0.4 is 14.4 Å². The van der Waals surface area contributed by atoms with Gasteiger partial charge in [-0.1, -0.05) is 47.5 Å². The molecule has 0 aromatic heterocycles. The third kappa shape index (κ3) is 4.53. The lowest BCUT2D eigenvalue weighted by Crippen LogP contribution is -2.26. The third-order valence-corrected chi connectivity index (χ3v) is 6.68. The largest absolute Gasteiger partial charge is 0.494 e. The smallest absolute Gasteiger partial charge is 0.264 e. The fraction of sp³-hybridized carbons (Fsp3) is 0.0952. The Kier molecular flexibility index (Phi) is 6.55. The minimum absolute atomic E-state index is 0.0393. The van der Waals surface area contributed by atoms with Gasteiger partial charge in [0.2, 0.25) is 0 Å². The number of hydrogen-bond donors (Lipinski definition) is 1. The van der Waals surface area contributed by atoms with Gasteiger partial charge >= 0.3 is 0 Å². The molecular formula is C21H18Cl2N2O4S. The summed E-state index contributed by atoms with van der Waals surface area (Å²) in [6, 6.07) is 17.5. The molecule has 0 saturated carbocycles. The van der Waals surface area contributed by atoms with Crippen molar-refractivity contribution >= 4 is 50.5 Å². The summed E-state index contributed by atoms with van der Waals surface area (Å²) in [5.74, 6) is -0.223. The molecule has 0 spiro atoms. The quantitative estimate of drug-likeness (QED) is 0.551. The molecule has 3 aromatic rings. The van der Waals surface area contributed by atoms with Crippen LogP contribution in [0.4, 0.5) is 11.4 Å². The minimum atomic E-state index is -3.81. The second kappa shape index (κ2) is 8.95. The zero-order valence-corrected chi connectivity index (χ0v) is 18.4. The van der Waals surface area contributed by atoms with E-state index < -0.39 is 15.9 Å². The van der Waals surface area contributed by atoms with Crippen LogP contribution in [0.1, 0.15) is 10.4 Å². The number of para-hydroxylation sites is 1. The number of sulfonamides is 1. The number of nitrogens with zero attached hydrogens (tertiary/aromatic N) is 1. The summed E-state index contributed by atoms with van der Waals surface area (Å²) >= 11 is 12.2. The molecule has 0 fully saturated rings. The number of anilines is 2. The third-order valence-electron chi connectivity index (χ3n) is 4.33. The van der Waals surface area contributed by atoms with Gasteiger partial charge in [0.15, 0.2) is 5.75 Å². The highest BCUT2D eigenvalue weighted by atomic mass is 35.5. The SMILES string of the molecule is COc1c(Cl)cc(C(=O)Nc2cccc(S(=O)(=O)N(C)c3ccccc3)c2)cc1Cl. The fourth-order valence-electron chi connectivity index (χ4n) is 2.76. The Morgan fingerprint density at radius 1 is 0.967 bits per heavy atom. The minimum Gasteiger partial charge on any atom is -0.494 e. The Hall–Kier alpha value is -2.74. The highest BCUT2D eigenvalue weighted by Gasteiger charge is 2.22. The molecule has 6 nitrogen and oxygen atoms in total. The number of nitrogens with one attached hydrogen (secondary N) is 1. The van der Waals surface area contributed by atoms with E-state index in [1.54, 1.807) is 42.5 Å². The van der Waals surface area contributed by atoms with Gasteiger partial charge in [-0.2, -0.15) is 0 Å². The number of hydrogen-bond acceptors (Lipinski definition) is 4. The van der Waals surface area contributed by atoms with Gasteiger partial charge in [-0.05, 0) is 42.5 Å². The van der Waals surface area contributed by atoms with Crippen molar-refractivity contribution in [2.45, 2.75) is 4.90 Å². The van der Waals surface area contributed by atoms with Crippen LogP contribution in [0.15, 0.2) is 71.6 Å². The molecular weight excluding hydrogens is 447 g/mol. The zero-order chi connectivity index (χ0) is 21.9. The molecule has 0 radical (unpaired) electrons. The number of ether oxygens (including phenoxy) is 1. The van der Waals surface area contributed by atoms with Crippen molar-refractivity contribution in [1.82, 2.24) is 0 Å². The van der Waals surface area contributed by atoms with Crippen LogP contribution in [0.5, 0.6) is 5.75 Å². The van der Waals surface area contributed by atoms with Gasteiger partial charge < -0.3 is 10.1 Å². The van der Waals surface area contributed by atoms with E-state index in [4.69, 9.17) is 27.9 Å². The second-order valence-electron chi connectivity index (χ2n) is 6.26. The predicted molar refractivity (Wildman–Crippen MR) is 119 cm³/mol. The molecule has 3 aromatic carbocycles. The van der Waals surface area contributed by atoms with Crippen molar-refractivity contribution in [2.24, 2.45) is 0 Å². The number of rotatable bonds is 6. The van der Waals surface area contributed by atoms with E-state index in [1.165, 1.54) is 42.7 Å². The van der Waals surface area contributed by atoms with Crippen LogP contribution in [0.3, 0.4) is 0 Å². The summed E-state index contributed by atoms with van der Waals surface area (Å²) in [5.41, 5.74) is 1.04. The van der Waals surface area contributed by atoms with Crippen LogP contribution in [-0.4, -0.2) is 28.5 Å². The van der Waals surface area contributed by atoms with Crippen molar-refractivity contribution in [3.8, 4) is 5.75 Å². The predicted octanol–water partition coefficient (Wildman–Crippen LogP) is 5.08. The molecule has 0 heterocycles. The van der Waals surface area contributed by atoms with Gasteiger partial charge in [-0.3, -0.25) is 9.10 Å². The summed E-state index contributed by atoms with van der Waals surface area (Å²) in [4.78, 5) is 12.6. The summed E-state index contributed by atoms with van der Waals surface area (Å²) in [7, 11) is -0.923. The van der Waals surface area contributed by atoms with Crippen LogP contribution in [0.25, 0.3) is 0 Å². The molecule has 3 rings (SSSR count). The maximum Gasteiger partial charge on any atom is 0.264 e. The Balaban J connectivity index is 1.86. The molecule has 0 unspecified atom stereocenters. The molecule has 0 bridgehead atoms. The van der Waals surface area contributed by atoms with Gasteiger partial charge in [-0.15, -0.1) is 0 Å². The van der Waals surface area contributed by atoms with Crippen molar-refractivity contribution in [2.75, 3.05) is 23.8 Å². The van der Waals surface area contributed by atoms with E-state index >= 15 is 0 Å². The van der Waals surface area contributed by atoms with Crippen LogP contribution >= 0.6 is 23.2 Å². The van der Waals surface area contributed by atoms with E-state index in [2.05, 4.69) is 5.32 Å². The Labute approximate surface area is 185 Å². The van der Waals surface area contributed by atoms with Crippen molar-refractivity contribution < 1.29 is 17.9 Å². The number of amides is 1. The highest BCUT2D eigenvalue weighted by Crippen LogP contribution is 2.34. The lowest BCUT2D eigenvalue weighted by molar-refractivity contribution is 0.102. The molecule has 156 valence electrons. The molecule has 0 aliphatic heterocycles. The lowest BCUT2D eigenvalue weighted by Gasteiger charge is -2.20. The Morgan fingerprint density at radius 3 is 2.20 bits per heavy atom. The van der Waals surface area contributed by atoms with E-state index in [1.807, 2.05) is 0 Å². The summed E-state index contributed by atoms with van der Waals surface area (Å²) in [5, 5.41) is 3.04. The normalized spacial score (nSPS) is 11.1. The maximum absolute atomic E-state index is 13.0. The van der Waals surface area contributed by atoms with E-state index in [0.717, 1.165) is 0 Å². The molecule has 1 amide bonds. The van der Waals surface area contributed by atoms with Crippen molar-refractivity contribution in [3.05, 3.63) is 82.3 Å². The van der Waals surface area contributed by atoms with Gasteiger partial charge in [-0.25, -0.2) is 8.42 Å². The van der Waals surface area contributed by atoms with Gasteiger partial charge in [0, 0.05) is 18.3 Å². The number of carbonyl (C=O) groups is 1. The number of halogens is 2. The second-order valence-corrected chi connectivity index (χ2v) is 9.05. The van der Waals surface area contributed by atoms with E-state index in [0.29, 0.717) is 11.4 Å². The standard InChI is InChI=1S/C21H18Cl2N2O4S/c1-25(16-8-4-3-5-9-16)30(27,28)17-10-6-7-15(13-17)24-21(26)14-11-18(22)20(29-2)19(23)12-14/h3-13H,1-2H3,(H,24,26). The average molecular weight is 465 g/mol. The van der Waals surface area contributed by atoms with Crippen LogP contribution in [-0.2, 0) is 10.0 Å². The van der Waals surface area contributed by atoms with E-state index in [-0.39, 0.29) is 26.3 Å². The summed E-state index contributed by atoms with van der Waals surface area (Å²) in [6.07, 6.45) is 0. The van der Waals surface area contributed by atoms with Crippen LogP contribution in [0, 0.1) is 0 Å². The molecule has 30 heavy (non-hydrogen) atoms. The Bertz CT molecular complexity index is 1160. The number of carbonyl (C=O) groups excluding carboxylic acids is 1. The fourth-order valence-corrected chi connectivity index (χ4v) is 4.64.